The Morgan fingerprint density at radius 2 is 1.94 bits per heavy atom. The highest BCUT2D eigenvalue weighted by atomic mass is 32.2. The molecule has 0 fully saturated rings. The van der Waals surface area contributed by atoms with Gasteiger partial charge in [-0.3, -0.25) is 14.9 Å². The SMILES string of the molecule is CCSc1nsc(NC(=O)C(C)Sc2cccc(NC(=O)/C=C/c3ccccc3)c2)n1. The quantitative estimate of drug-likeness (QED) is 0.321. The van der Waals surface area contributed by atoms with Gasteiger partial charge in [-0.2, -0.15) is 9.36 Å². The first-order chi connectivity index (χ1) is 15.0. The molecule has 0 bridgehead atoms. The van der Waals surface area contributed by atoms with Crippen molar-refractivity contribution >= 4 is 63.8 Å². The molecule has 160 valence electrons. The lowest BCUT2D eigenvalue weighted by molar-refractivity contribution is -0.115. The van der Waals surface area contributed by atoms with Gasteiger partial charge in [0.05, 0.1) is 5.25 Å². The average Bonchev–Trinajstić information content (AvgIpc) is 3.20. The first-order valence-corrected chi connectivity index (χ1v) is 12.3. The highest BCUT2D eigenvalue weighted by molar-refractivity contribution is 8.00. The second-order valence-corrected chi connectivity index (χ2v) is 9.72. The smallest absolute Gasteiger partial charge is 0.248 e. The third-order valence-electron chi connectivity index (χ3n) is 3.92. The van der Waals surface area contributed by atoms with Crippen molar-refractivity contribution in [3.05, 3.63) is 66.2 Å². The van der Waals surface area contributed by atoms with E-state index in [-0.39, 0.29) is 17.1 Å². The van der Waals surface area contributed by atoms with E-state index in [1.54, 1.807) is 6.08 Å². The zero-order chi connectivity index (χ0) is 22.1. The van der Waals surface area contributed by atoms with Crippen LogP contribution < -0.4 is 10.6 Å². The molecule has 0 saturated heterocycles. The number of amides is 2. The van der Waals surface area contributed by atoms with Crippen LogP contribution in [0.15, 0.2) is 70.7 Å². The molecule has 6 nitrogen and oxygen atoms in total. The Kier molecular flexibility index (Phi) is 8.69. The van der Waals surface area contributed by atoms with E-state index >= 15 is 0 Å². The van der Waals surface area contributed by atoms with Crippen LogP contribution in [0.5, 0.6) is 0 Å². The predicted molar refractivity (Wildman–Crippen MR) is 131 cm³/mol. The second kappa shape index (κ2) is 11.7. The number of hydrogen-bond donors (Lipinski definition) is 2. The summed E-state index contributed by atoms with van der Waals surface area (Å²) in [5.74, 6) is 0.522. The van der Waals surface area contributed by atoms with Crippen molar-refractivity contribution in [1.29, 1.82) is 0 Å². The molecule has 1 unspecified atom stereocenters. The molecule has 0 saturated carbocycles. The highest BCUT2D eigenvalue weighted by Crippen LogP contribution is 2.27. The van der Waals surface area contributed by atoms with E-state index in [1.807, 2.05) is 68.4 Å². The van der Waals surface area contributed by atoms with Gasteiger partial charge in [-0.25, -0.2) is 0 Å². The monoisotopic (exact) mass is 470 g/mol. The molecule has 2 aromatic carbocycles. The van der Waals surface area contributed by atoms with Gasteiger partial charge in [-0.15, -0.1) is 11.8 Å². The third kappa shape index (κ3) is 7.54. The summed E-state index contributed by atoms with van der Waals surface area (Å²) in [6.45, 7) is 3.86. The summed E-state index contributed by atoms with van der Waals surface area (Å²) in [6, 6.07) is 17.1. The summed E-state index contributed by atoms with van der Waals surface area (Å²) in [6.07, 6.45) is 3.26. The number of aromatic nitrogens is 2. The normalized spacial score (nSPS) is 11.9. The van der Waals surface area contributed by atoms with Gasteiger partial charge in [0.25, 0.3) is 0 Å². The van der Waals surface area contributed by atoms with E-state index in [0.29, 0.717) is 16.0 Å². The van der Waals surface area contributed by atoms with Crippen LogP contribution in [-0.4, -0.2) is 32.2 Å². The Morgan fingerprint density at radius 1 is 1.13 bits per heavy atom. The van der Waals surface area contributed by atoms with E-state index in [9.17, 15) is 9.59 Å². The van der Waals surface area contributed by atoms with E-state index < -0.39 is 0 Å². The molecule has 0 aliphatic carbocycles. The fourth-order valence-electron chi connectivity index (χ4n) is 2.48. The van der Waals surface area contributed by atoms with Crippen LogP contribution in [0.25, 0.3) is 6.08 Å². The minimum atomic E-state index is -0.338. The number of rotatable bonds is 9. The number of nitrogens with one attached hydrogen (secondary N) is 2. The Hall–Kier alpha value is -2.62. The van der Waals surface area contributed by atoms with Crippen LogP contribution in [0.4, 0.5) is 10.8 Å². The Labute approximate surface area is 194 Å². The largest absolute Gasteiger partial charge is 0.322 e. The first-order valence-electron chi connectivity index (χ1n) is 9.61. The molecule has 3 rings (SSSR count). The summed E-state index contributed by atoms with van der Waals surface area (Å²) in [5.41, 5.74) is 1.63. The molecular weight excluding hydrogens is 448 g/mol. The first kappa shape index (κ1) is 23.1. The number of hydrogen-bond acceptors (Lipinski definition) is 7. The summed E-state index contributed by atoms with van der Waals surface area (Å²) in [7, 11) is 0. The van der Waals surface area contributed by atoms with Crippen molar-refractivity contribution in [2.75, 3.05) is 16.4 Å². The molecule has 1 heterocycles. The fraction of sp³-hybridized carbons (Fsp3) is 0.182. The molecule has 2 amide bonds. The number of anilines is 2. The molecule has 0 spiro atoms. The van der Waals surface area contributed by atoms with Crippen molar-refractivity contribution in [3.8, 4) is 0 Å². The van der Waals surface area contributed by atoms with Crippen LogP contribution in [0.2, 0.25) is 0 Å². The molecule has 1 atom stereocenters. The van der Waals surface area contributed by atoms with Crippen LogP contribution in [0.1, 0.15) is 19.4 Å². The van der Waals surface area contributed by atoms with E-state index in [2.05, 4.69) is 20.0 Å². The molecular formula is C22H22N4O2S3. The molecule has 31 heavy (non-hydrogen) atoms. The molecule has 3 aromatic rings. The van der Waals surface area contributed by atoms with Crippen molar-refractivity contribution in [2.24, 2.45) is 0 Å². The maximum absolute atomic E-state index is 12.5. The maximum Gasteiger partial charge on any atom is 0.248 e. The van der Waals surface area contributed by atoms with Crippen LogP contribution in [-0.2, 0) is 9.59 Å². The van der Waals surface area contributed by atoms with Gasteiger partial charge >= 0.3 is 0 Å². The molecule has 0 aliphatic heterocycles. The zero-order valence-corrected chi connectivity index (χ0v) is 19.5. The third-order valence-corrected chi connectivity index (χ3v) is 6.49. The van der Waals surface area contributed by atoms with Crippen molar-refractivity contribution in [1.82, 2.24) is 9.36 Å². The van der Waals surface area contributed by atoms with Crippen LogP contribution in [0.3, 0.4) is 0 Å². The molecule has 2 N–H and O–H groups in total. The van der Waals surface area contributed by atoms with Crippen LogP contribution in [0, 0.1) is 0 Å². The maximum atomic E-state index is 12.5. The van der Waals surface area contributed by atoms with Gasteiger partial charge in [0, 0.05) is 28.2 Å². The Bertz CT molecular complexity index is 1050. The second-order valence-electron chi connectivity index (χ2n) is 6.33. The van der Waals surface area contributed by atoms with Gasteiger partial charge in [0.1, 0.15) is 0 Å². The van der Waals surface area contributed by atoms with Gasteiger partial charge in [-0.1, -0.05) is 55.1 Å². The average molecular weight is 471 g/mol. The van der Waals surface area contributed by atoms with Crippen molar-refractivity contribution < 1.29 is 9.59 Å². The van der Waals surface area contributed by atoms with Gasteiger partial charge in [0.2, 0.25) is 22.1 Å². The van der Waals surface area contributed by atoms with Gasteiger partial charge in [0.15, 0.2) is 0 Å². The number of nitrogens with zero attached hydrogens (tertiary/aromatic N) is 2. The summed E-state index contributed by atoms with van der Waals surface area (Å²) in [5, 5.41) is 6.50. The van der Waals surface area contributed by atoms with Gasteiger partial charge in [-0.05, 0) is 42.5 Å². The number of thioether (sulfide) groups is 2. The summed E-state index contributed by atoms with van der Waals surface area (Å²) < 4.78 is 4.20. The van der Waals surface area contributed by atoms with Crippen molar-refractivity contribution in [2.45, 2.75) is 29.1 Å². The minimum absolute atomic E-state index is 0.144. The molecule has 0 aliphatic rings. The fourth-order valence-corrected chi connectivity index (χ4v) is 4.68. The lowest BCUT2D eigenvalue weighted by atomic mass is 10.2. The van der Waals surface area contributed by atoms with Gasteiger partial charge < -0.3 is 5.32 Å². The topological polar surface area (TPSA) is 84.0 Å². The molecule has 0 radical (unpaired) electrons. The number of carbonyl (C=O) groups is 2. The zero-order valence-electron chi connectivity index (χ0n) is 17.1. The van der Waals surface area contributed by atoms with E-state index in [0.717, 1.165) is 16.2 Å². The Morgan fingerprint density at radius 3 is 2.71 bits per heavy atom. The minimum Gasteiger partial charge on any atom is -0.322 e. The lowest BCUT2D eigenvalue weighted by Gasteiger charge is -2.11. The molecule has 9 heteroatoms. The lowest BCUT2D eigenvalue weighted by Crippen LogP contribution is -2.22. The summed E-state index contributed by atoms with van der Waals surface area (Å²) >= 11 is 4.12. The standard InChI is InChI=1S/C22H22N4O2S3/c1-3-29-22-25-21(31-26-22)24-20(28)15(2)30-18-11-7-10-17(14-18)23-19(27)13-12-16-8-5-4-6-9-16/h4-15H,3H2,1-2H3,(H,23,27)(H,24,25,26,28)/b13-12+. The predicted octanol–water partition coefficient (Wildman–Crippen LogP) is 5.42. The van der Waals surface area contributed by atoms with E-state index in [4.69, 9.17) is 0 Å². The number of benzene rings is 2. The Balaban J connectivity index is 1.54. The summed E-state index contributed by atoms with van der Waals surface area (Å²) in [4.78, 5) is 29.9. The van der Waals surface area contributed by atoms with Crippen LogP contribution >= 0.6 is 35.1 Å². The van der Waals surface area contributed by atoms with Crippen molar-refractivity contribution in [3.63, 3.8) is 0 Å². The number of carbonyl (C=O) groups excluding carboxylic acids is 2. The van der Waals surface area contributed by atoms with E-state index in [1.165, 1.54) is 41.1 Å². The molecule has 1 aromatic heterocycles. The highest BCUT2D eigenvalue weighted by Gasteiger charge is 2.17.